The predicted octanol–water partition coefficient (Wildman–Crippen LogP) is 6.73. The van der Waals surface area contributed by atoms with Gasteiger partial charge in [0.25, 0.3) is 0 Å². The Labute approximate surface area is 820 Å². The molecule has 6 amide bonds. The molecule has 6 rings (SSSR count). The number of ether oxygens (including phenoxy) is 17. The molecular formula is C92H141N15O34. The molecule has 6 N–H and O–H groups in total. The summed E-state index contributed by atoms with van der Waals surface area (Å²) in [7, 11) is 0. The van der Waals surface area contributed by atoms with Crippen molar-refractivity contribution in [2.24, 2.45) is 80.4 Å². The molecule has 6 aliphatic heterocycles. The van der Waals surface area contributed by atoms with Crippen LogP contribution in [0.2, 0.25) is 0 Å². The van der Waals surface area contributed by atoms with Crippen LogP contribution in [-0.4, -0.2) is 264 Å². The molecule has 0 radical (unpaired) electrons. The van der Waals surface area contributed by atoms with Gasteiger partial charge in [0, 0.05) is 135 Å². The van der Waals surface area contributed by atoms with E-state index in [1.807, 2.05) is 76.2 Å². The second kappa shape index (κ2) is 66.1. The van der Waals surface area contributed by atoms with Crippen molar-refractivity contribution in [3.8, 4) is 37.0 Å². The second-order valence-electron chi connectivity index (χ2n) is 34.3. The van der Waals surface area contributed by atoms with Crippen molar-refractivity contribution < 1.29 is 162 Å². The Morgan fingerprint density at radius 2 is 0.454 bits per heavy atom. The molecule has 0 saturated carbocycles. The number of terminal acetylenes is 3. The summed E-state index contributed by atoms with van der Waals surface area (Å²) in [6.45, 7) is 38.0. The summed E-state index contributed by atoms with van der Waals surface area (Å²) in [5, 5.41) is 26.1. The predicted molar refractivity (Wildman–Crippen MR) is 494 cm³/mol. The minimum absolute atomic E-state index is 0.0169. The molecule has 0 aromatic rings. The van der Waals surface area contributed by atoms with Crippen molar-refractivity contribution in [2.75, 3.05) is 46.1 Å². The third-order valence-electron chi connectivity index (χ3n) is 23.9. The third-order valence-corrected chi connectivity index (χ3v) is 23.9. The van der Waals surface area contributed by atoms with Crippen LogP contribution in [0, 0.1) is 102 Å². The first kappa shape index (κ1) is 126. The number of rotatable bonds is 35. The standard InChI is InChI=1S/C18H25NO8.C17H25NO6.C16H25NO4.2C14H22N4O6.C13H22N4O4/c1-6-7-8-15(23)19-16-10(2)17(25-12(4)21)14(9-24-11(3)20)27-18(16)26-13(5)22;1-6-7-8-15(21)18-16-11(3)10(2)14(9-22-12(4)19)24-17(16)23-13(5)20;1-6-8-9-14(19)17-15-11(4)10(3)13(7-2)21-16(15)20-12(5)18;2*1-7-8(2)13(17-12(21)5-16-18-15)14(23-10(4)20)24-11(7)6-22-9(3)19;1-5-10-7(2)8(3)12(13(21-10)20-9(4)18)16-11(19)6-15-17-14/h1,10,14,16-18H,7-9H2,2-5H3,(H,19,23);1,10-11,14,16-17H,7-9H2,2-5H3,(H,18,21);1,10-11,13,15-16H,7-9H2,2-5H3,(H,17,19);2*7-8,11,13-14H,5-6H2,1-4H3,(H,17,21);7-8,10,12-13H,5-6H2,1-4H3,(H,16,19)/t10?,14?,16-,17+,18+;10-,11?,14?,16-,17+;10-,11?,13?,15+,16+;7-,8?,11?,13+,14-;7-,8?,11?,13-,14+;7-,8?,10?,12+,13+/m000100/s1. The highest BCUT2D eigenvalue weighted by atomic mass is 16.7. The van der Waals surface area contributed by atoms with E-state index in [9.17, 15) is 81.5 Å². The summed E-state index contributed by atoms with van der Waals surface area (Å²) in [6.07, 6.45) is 9.84. The van der Waals surface area contributed by atoms with E-state index in [2.05, 4.69) is 86.7 Å². The Morgan fingerprint density at radius 3 is 0.645 bits per heavy atom. The quantitative estimate of drug-likeness (QED) is 0.00956. The lowest BCUT2D eigenvalue weighted by molar-refractivity contribution is -0.256. The zero-order valence-corrected chi connectivity index (χ0v) is 84.6. The van der Waals surface area contributed by atoms with Gasteiger partial charge in [-0.1, -0.05) is 105 Å². The first-order valence-electron chi connectivity index (χ1n) is 46.0. The number of esters is 11. The van der Waals surface area contributed by atoms with Gasteiger partial charge in [-0.15, -0.1) is 37.0 Å². The fourth-order valence-electron chi connectivity index (χ4n) is 15.5. The van der Waals surface area contributed by atoms with Crippen LogP contribution in [0.15, 0.2) is 15.3 Å². The molecule has 49 heteroatoms. The van der Waals surface area contributed by atoms with E-state index in [1.54, 1.807) is 6.92 Å². The molecule has 788 valence electrons. The minimum atomic E-state index is -1.14. The molecule has 0 aliphatic carbocycles. The zero-order valence-electron chi connectivity index (χ0n) is 84.6. The van der Waals surface area contributed by atoms with Crippen molar-refractivity contribution in [1.82, 2.24) is 31.9 Å². The minimum Gasteiger partial charge on any atom is -0.463 e. The summed E-state index contributed by atoms with van der Waals surface area (Å²) in [5.74, 6) is -0.847. The van der Waals surface area contributed by atoms with Gasteiger partial charge in [-0.25, -0.2) is 0 Å². The number of nitrogens with one attached hydrogen (secondary N) is 6. The third kappa shape index (κ3) is 46.5. The first-order chi connectivity index (χ1) is 66.2. The van der Waals surface area contributed by atoms with E-state index in [1.165, 1.54) is 76.2 Å². The van der Waals surface area contributed by atoms with Crippen LogP contribution >= 0.6 is 0 Å². The van der Waals surface area contributed by atoms with Gasteiger partial charge in [0.05, 0.1) is 66.8 Å². The number of carbonyl (C=O) groups is 17. The van der Waals surface area contributed by atoms with Crippen LogP contribution in [0.5, 0.6) is 0 Å². The van der Waals surface area contributed by atoms with Crippen LogP contribution in [0.1, 0.15) is 218 Å². The van der Waals surface area contributed by atoms with E-state index in [-0.39, 0.29) is 167 Å². The molecule has 141 heavy (non-hydrogen) atoms. The molecule has 0 bridgehead atoms. The van der Waals surface area contributed by atoms with Crippen molar-refractivity contribution in [2.45, 2.75) is 334 Å². The SMILES string of the molecule is C#CCCC(=O)N[C@@H]1C(C)[C@H](C)C(CC)O[C@H]1OC(C)=O.C#CCCC(=O)N[C@H]1C(C)[C@@H](OC(C)=O)C(COC(C)=O)O[C@H]1OC(C)=O.C#CCCC(=O)N[C@H]1C(C)[C@H](C)C(COC(C)=O)O[C@H]1OC(C)=O.CC(=O)OCC1O[C@@H](OC(C)=O)[C@@H](NC(=O)CN=[N+]=[N-])C(C)[C@@H]1C.CC(=O)OCC1O[C@@H](OC(C)=O)[C@@H](NC(=O)CN=[N+]=[N-])C(C)[C@H]1C.CCC1O[C@@H](OC(C)=O)[C@H](NC(=O)CN=[N+]=[N-])C(C)[C@@H]1C. The van der Waals surface area contributed by atoms with Gasteiger partial charge < -0.3 is 112 Å². The van der Waals surface area contributed by atoms with Crippen LogP contribution in [0.3, 0.4) is 0 Å². The highest BCUT2D eigenvalue weighted by Gasteiger charge is 2.52. The number of hydrogen-bond acceptors (Lipinski definition) is 37. The van der Waals surface area contributed by atoms with Gasteiger partial charge in [0.15, 0.2) is 0 Å². The summed E-state index contributed by atoms with van der Waals surface area (Å²) in [5.41, 5.74) is 24.8. The van der Waals surface area contributed by atoms with Crippen LogP contribution in [0.4, 0.5) is 0 Å². The van der Waals surface area contributed by atoms with E-state index >= 15 is 0 Å². The molecule has 30 atom stereocenters. The molecule has 0 aromatic heterocycles. The Kier molecular flexibility index (Phi) is 59.3. The Bertz CT molecular complexity index is 4350. The van der Waals surface area contributed by atoms with Crippen molar-refractivity contribution in [3.05, 3.63) is 31.3 Å². The zero-order chi connectivity index (χ0) is 107. The Hall–Kier alpha value is -12.6. The molecule has 49 nitrogen and oxygen atoms in total. The maximum absolute atomic E-state index is 12.1. The van der Waals surface area contributed by atoms with Gasteiger partial charge >= 0.3 is 65.7 Å². The lowest BCUT2D eigenvalue weighted by Gasteiger charge is -2.44. The van der Waals surface area contributed by atoms with Crippen LogP contribution < -0.4 is 31.9 Å². The maximum Gasteiger partial charge on any atom is 0.305 e. The average Bonchev–Trinajstić information content (AvgIpc) is 0.791. The first-order valence-corrected chi connectivity index (χ1v) is 46.0. The van der Waals surface area contributed by atoms with Gasteiger partial charge in [-0.05, 0) is 88.6 Å². The Balaban J connectivity index is 0.000000848. The van der Waals surface area contributed by atoms with E-state index in [0.717, 1.165) is 12.8 Å². The molecule has 6 heterocycles. The summed E-state index contributed by atoms with van der Waals surface area (Å²) in [4.78, 5) is 202. The molecule has 6 fully saturated rings. The normalized spacial score (nSPS) is 29.6. The average molecular weight is 2000 g/mol. The number of hydrogen-bond donors (Lipinski definition) is 6. The van der Waals surface area contributed by atoms with Gasteiger partial charge in [0.1, 0.15) is 58.3 Å². The molecular weight excluding hydrogens is 1860 g/mol. The lowest BCUT2D eigenvalue weighted by Crippen LogP contribution is -2.62. The smallest absolute Gasteiger partial charge is 0.305 e. The summed E-state index contributed by atoms with van der Waals surface area (Å²) >= 11 is 0. The van der Waals surface area contributed by atoms with Crippen LogP contribution in [-0.2, 0) is 162 Å². The maximum atomic E-state index is 12.1. The molecule has 12 unspecified atom stereocenters. The summed E-state index contributed by atoms with van der Waals surface area (Å²) in [6, 6.07) is -3.32. The lowest BCUT2D eigenvalue weighted by atomic mass is 9.81. The van der Waals surface area contributed by atoms with E-state index < -0.39 is 188 Å². The van der Waals surface area contributed by atoms with Gasteiger partial charge in [-0.2, -0.15) is 0 Å². The summed E-state index contributed by atoms with van der Waals surface area (Å²) < 4.78 is 90.9. The van der Waals surface area contributed by atoms with Crippen molar-refractivity contribution in [1.29, 1.82) is 0 Å². The topological polar surface area (TPSA) is 666 Å². The van der Waals surface area contributed by atoms with E-state index in [4.69, 9.17) is 116 Å². The van der Waals surface area contributed by atoms with Gasteiger partial charge in [0.2, 0.25) is 73.2 Å². The van der Waals surface area contributed by atoms with Crippen LogP contribution in [0.25, 0.3) is 31.3 Å². The molecule has 6 saturated heterocycles. The number of carbonyl (C=O) groups excluding carboxylic acids is 17. The number of azide groups is 3. The van der Waals surface area contributed by atoms with Crippen molar-refractivity contribution >= 4 is 101 Å². The molecule has 0 spiro atoms. The van der Waals surface area contributed by atoms with Crippen molar-refractivity contribution in [3.63, 3.8) is 0 Å². The highest BCUT2D eigenvalue weighted by Crippen LogP contribution is 2.39. The fourth-order valence-corrected chi connectivity index (χ4v) is 15.5. The van der Waals surface area contributed by atoms with Gasteiger partial charge in [-0.3, -0.25) is 81.5 Å². The molecule has 0 aromatic carbocycles. The molecule has 6 aliphatic rings. The monoisotopic (exact) mass is 2000 g/mol. The second-order valence-corrected chi connectivity index (χ2v) is 34.3. The number of amides is 6. The fraction of sp³-hybridized carbons (Fsp3) is 0.750. The largest absolute Gasteiger partial charge is 0.463 e. The van der Waals surface area contributed by atoms with E-state index in [0.29, 0.717) is 12.8 Å². The highest BCUT2D eigenvalue weighted by molar-refractivity contribution is 5.81. The number of nitrogens with zero attached hydrogens (tertiary/aromatic N) is 9. The Morgan fingerprint density at radius 1 is 0.270 bits per heavy atom.